The van der Waals surface area contributed by atoms with Crippen LogP contribution in [-0.2, 0) is 22.6 Å². The van der Waals surface area contributed by atoms with Crippen molar-refractivity contribution in [2.75, 3.05) is 6.54 Å². The zero-order valence-electron chi connectivity index (χ0n) is 14.9. The Balaban J connectivity index is 1.94. The summed E-state index contributed by atoms with van der Waals surface area (Å²) < 4.78 is 0. The van der Waals surface area contributed by atoms with Crippen molar-refractivity contribution in [3.8, 4) is 0 Å². The molecule has 0 heterocycles. The lowest BCUT2D eigenvalue weighted by atomic mass is 10.1. The van der Waals surface area contributed by atoms with Crippen LogP contribution in [0, 0.1) is 0 Å². The van der Waals surface area contributed by atoms with Gasteiger partial charge in [-0.05, 0) is 24.5 Å². The van der Waals surface area contributed by atoms with Gasteiger partial charge in [-0.2, -0.15) is 0 Å². The van der Waals surface area contributed by atoms with E-state index in [9.17, 15) is 9.59 Å². The first-order valence-electron chi connectivity index (χ1n) is 8.76. The second-order valence-corrected chi connectivity index (χ2v) is 6.06. The molecule has 25 heavy (non-hydrogen) atoms. The van der Waals surface area contributed by atoms with Crippen LogP contribution in [0.5, 0.6) is 0 Å². The number of nitrogens with one attached hydrogen (secondary N) is 1. The first kappa shape index (κ1) is 18.7. The number of benzene rings is 2. The van der Waals surface area contributed by atoms with E-state index in [-0.39, 0.29) is 11.8 Å². The van der Waals surface area contributed by atoms with E-state index in [1.165, 1.54) is 5.56 Å². The van der Waals surface area contributed by atoms with Gasteiger partial charge in [-0.25, -0.2) is 0 Å². The molecule has 0 spiro atoms. The highest BCUT2D eigenvalue weighted by Crippen LogP contribution is 2.10. The standard InChI is InChI=1S/C21H26N2O2/c1-3-20(24)23(16-19-12-8-5-9-13-19)17(2)21(25)22-15-14-18-10-6-4-7-11-18/h4-13,17H,3,14-16H2,1-2H3,(H,22,25). The summed E-state index contributed by atoms with van der Waals surface area (Å²) in [4.78, 5) is 26.4. The van der Waals surface area contributed by atoms with Crippen molar-refractivity contribution in [3.63, 3.8) is 0 Å². The number of hydrogen-bond donors (Lipinski definition) is 1. The maximum absolute atomic E-state index is 12.5. The zero-order valence-corrected chi connectivity index (χ0v) is 14.9. The summed E-state index contributed by atoms with van der Waals surface area (Å²) in [6, 6.07) is 19.3. The quantitative estimate of drug-likeness (QED) is 0.804. The monoisotopic (exact) mass is 338 g/mol. The van der Waals surface area contributed by atoms with Crippen LogP contribution in [0.25, 0.3) is 0 Å². The van der Waals surface area contributed by atoms with Gasteiger partial charge in [-0.15, -0.1) is 0 Å². The Morgan fingerprint density at radius 3 is 2.08 bits per heavy atom. The van der Waals surface area contributed by atoms with Crippen LogP contribution < -0.4 is 5.32 Å². The first-order valence-corrected chi connectivity index (χ1v) is 8.76. The molecule has 0 bridgehead atoms. The van der Waals surface area contributed by atoms with Crippen LogP contribution in [0.3, 0.4) is 0 Å². The summed E-state index contributed by atoms with van der Waals surface area (Å²) in [6.45, 7) is 4.61. The van der Waals surface area contributed by atoms with E-state index in [0.717, 1.165) is 12.0 Å². The summed E-state index contributed by atoms with van der Waals surface area (Å²) >= 11 is 0. The minimum Gasteiger partial charge on any atom is -0.354 e. The van der Waals surface area contributed by atoms with E-state index < -0.39 is 6.04 Å². The Kier molecular flexibility index (Phi) is 7.20. The molecule has 0 saturated carbocycles. The Labute approximate surface area is 149 Å². The van der Waals surface area contributed by atoms with E-state index in [4.69, 9.17) is 0 Å². The fourth-order valence-electron chi connectivity index (χ4n) is 2.69. The van der Waals surface area contributed by atoms with E-state index in [1.54, 1.807) is 11.8 Å². The molecule has 0 saturated heterocycles. The summed E-state index contributed by atoms with van der Waals surface area (Å²) in [5.74, 6) is -0.136. The highest BCUT2D eigenvalue weighted by molar-refractivity contribution is 5.87. The van der Waals surface area contributed by atoms with Crippen molar-refractivity contribution >= 4 is 11.8 Å². The van der Waals surface area contributed by atoms with E-state index in [1.807, 2.05) is 67.6 Å². The molecule has 1 unspecified atom stereocenters. The Morgan fingerprint density at radius 2 is 1.52 bits per heavy atom. The molecule has 0 fully saturated rings. The summed E-state index contributed by atoms with van der Waals surface area (Å²) in [6.07, 6.45) is 1.16. The molecular weight excluding hydrogens is 312 g/mol. The number of nitrogens with zero attached hydrogens (tertiary/aromatic N) is 1. The molecule has 2 aromatic rings. The molecule has 0 aromatic heterocycles. The van der Waals surface area contributed by atoms with E-state index in [2.05, 4.69) is 5.32 Å². The smallest absolute Gasteiger partial charge is 0.242 e. The molecule has 0 aliphatic carbocycles. The second kappa shape index (κ2) is 9.62. The molecule has 0 aliphatic heterocycles. The molecule has 1 atom stereocenters. The maximum atomic E-state index is 12.5. The fourth-order valence-corrected chi connectivity index (χ4v) is 2.69. The highest BCUT2D eigenvalue weighted by atomic mass is 16.2. The van der Waals surface area contributed by atoms with Gasteiger partial charge in [-0.1, -0.05) is 67.6 Å². The van der Waals surface area contributed by atoms with Gasteiger partial charge in [0.25, 0.3) is 0 Å². The lowest BCUT2D eigenvalue weighted by Gasteiger charge is -2.28. The average Bonchev–Trinajstić information content (AvgIpc) is 2.66. The predicted molar refractivity (Wildman–Crippen MR) is 99.9 cm³/mol. The number of rotatable bonds is 8. The van der Waals surface area contributed by atoms with Crippen LogP contribution in [0.2, 0.25) is 0 Å². The zero-order chi connectivity index (χ0) is 18.1. The normalized spacial score (nSPS) is 11.6. The van der Waals surface area contributed by atoms with E-state index in [0.29, 0.717) is 19.5 Å². The van der Waals surface area contributed by atoms with Crippen LogP contribution in [0.4, 0.5) is 0 Å². The highest BCUT2D eigenvalue weighted by Gasteiger charge is 2.24. The summed E-state index contributed by atoms with van der Waals surface area (Å²) in [7, 11) is 0. The van der Waals surface area contributed by atoms with E-state index >= 15 is 0 Å². The maximum Gasteiger partial charge on any atom is 0.242 e. The lowest BCUT2D eigenvalue weighted by Crippen LogP contribution is -2.47. The third-order valence-corrected chi connectivity index (χ3v) is 4.22. The van der Waals surface area contributed by atoms with Gasteiger partial charge in [-0.3, -0.25) is 9.59 Å². The molecular formula is C21H26N2O2. The SMILES string of the molecule is CCC(=O)N(Cc1ccccc1)C(C)C(=O)NCCc1ccccc1. The number of carbonyl (C=O) groups is 2. The minimum atomic E-state index is -0.497. The Hall–Kier alpha value is -2.62. The van der Waals surface area contributed by atoms with Crippen molar-refractivity contribution in [1.82, 2.24) is 10.2 Å². The molecule has 1 N–H and O–H groups in total. The van der Waals surface area contributed by atoms with Gasteiger partial charge in [0, 0.05) is 19.5 Å². The van der Waals surface area contributed by atoms with Crippen molar-refractivity contribution < 1.29 is 9.59 Å². The molecule has 132 valence electrons. The van der Waals surface area contributed by atoms with Gasteiger partial charge >= 0.3 is 0 Å². The van der Waals surface area contributed by atoms with Gasteiger partial charge in [0.15, 0.2) is 0 Å². The van der Waals surface area contributed by atoms with Crippen LogP contribution in [0.1, 0.15) is 31.4 Å². The third kappa shape index (κ3) is 5.75. The van der Waals surface area contributed by atoms with Crippen molar-refractivity contribution in [2.24, 2.45) is 0 Å². The van der Waals surface area contributed by atoms with Crippen LogP contribution >= 0.6 is 0 Å². The third-order valence-electron chi connectivity index (χ3n) is 4.22. The molecule has 2 rings (SSSR count). The first-order chi connectivity index (χ1) is 12.1. The number of carbonyl (C=O) groups excluding carboxylic acids is 2. The molecule has 2 amide bonds. The lowest BCUT2D eigenvalue weighted by molar-refractivity contribution is -0.140. The molecule has 2 aromatic carbocycles. The van der Waals surface area contributed by atoms with Crippen LogP contribution in [-0.4, -0.2) is 29.3 Å². The van der Waals surface area contributed by atoms with Crippen LogP contribution in [0.15, 0.2) is 60.7 Å². The van der Waals surface area contributed by atoms with Crippen molar-refractivity contribution in [3.05, 3.63) is 71.8 Å². The summed E-state index contributed by atoms with van der Waals surface area (Å²) in [5, 5.41) is 2.94. The van der Waals surface area contributed by atoms with Gasteiger partial charge in [0.05, 0.1) is 0 Å². The predicted octanol–water partition coefficient (Wildman–Crippen LogP) is 3.17. The topological polar surface area (TPSA) is 49.4 Å². The van der Waals surface area contributed by atoms with Gasteiger partial charge in [0.1, 0.15) is 6.04 Å². The molecule has 4 heteroatoms. The van der Waals surface area contributed by atoms with Crippen molar-refractivity contribution in [2.45, 2.75) is 39.3 Å². The molecule has 0 radical (unpaired) electrons. The second-order valence-electron chi connectivity index (χ2n) is 6.06. The van der Waals surface area contributed by atoms with Gasteiger partial charge < -0.3 is 10.2 Å². The Bertz CT molecular complexity index is 671. The minimum absolute atomic E-state index is 0.0189. The largest absolute Gasteiger partial charge is 0.354 e. The number of hydrogen-bond acceptors (Lipinski definition) is 2. The molecule has 0 aliphatic rings. The number of amides is 2. The van der Waals surface area contributed by atoms with Crippen molar-refractivity contribution in [1.29, 1.82) is 0 Å². The van der Waals surface area contributed by atoms with Gasteiger partial charge in [0.2, 0.25) is 11.8 Å². The Morgan fingerprint density at radius 1 is 0.960 bits per heavy atom. The fraction of sp³-hybridized carbons (Fsp3) is 0.333. The summed E-state index contributed by atoms with van der Waals surface area (Å²) in [5.41, 5.74) is 2.20. The molecule has 4 nitrogen and oxygen atoms in total. The average molecular weight is 338 g/mol.